The summed E-state index contributed by atoms with van der Waals surface area (Å²) in [6.07, 6.45) is 3.83. The highest BCUT2D eigenvalue weighted by Gasteiger charge is 2.27. The van der Waals surface area contributed by atoms with Crippen LogP contribution in [0, 0.1) is 5.82 Å². The summed E-state index contributed by atoms with van der Waals surface area (Å²) >= 11 is 0. The number of rotatable bonds is 3. The molecule has 2 N–H and O–H groups in total. The lowest BCUT2D eigenvalue weighted by Gasteiger charge is -2.27. The Morgan fingerprint density at radius 2 is 2.17 bits per heavy atom. The van der Waals surface area contributed by atoms with Crippen LogP contribution in [0.1, 0.15) is 25.7 Å². The Labute approximate surface area is 109 Å². The minimum absolute atomic E-state index is 0.0323. The number of nitrogens with two attached hydrogens (primary N) is 1. The van der Waals surface area contributed by atoms with Crippen molar-refractivity contribution in [3.8, 4) is 0 Å². The molecular formula is C13H18FNO2S. The maximum absolute atomic E-state index is 13.3. The maximum Gasteiger partial charge on any atom is 0.126 e. The smallest absolute Gasteiger partial charge is 0.126 e. The molecule has 0 saturated heterocycles. The van der Waals surface area contributed by atoms with E-state index >= 15 is 0 Å². The average molecular weight is 271 g/mol. The zero-order valence-electron chi connectivity index (χ0n) is 10.4. The van der Waals surface area contributed by atoms with Gasteiger partial charge in [-0.25, -0.2) is 4.39 Å². The van der Waals surface area contributed by atoms with Gasteiger partial charge in [-0.3, -0.25) is 4.21 Å². The van der Waals surface area contributed by atoms with Crippen LogP contribution in [0.25, 0.3) is 0 Å². The van der Waals surface area contributed by atoms with Crippen LogP contribution in [-0.4, -0.2) is 22.7 Å². The number of benzene rings is 1. The van der Waals surface area contributed by atoms with Crippen LogP contribution in [0.15, 0.2) is 23.1 Å². The molecule has 0 aromatic heterocycles. The van der Waals surface area contributed by atoms with Gasteiger partial charge in [0, 0.05) is 22.9 Å². The molecule has 1 aliphatic carbocycles. The molecule has 1 saturated carbocycles. The number of hydrogen-bond donors (Lipinski definition) is 1. The van der Waals surface area contributed by atoms with Crippen molar-refractivity contribution >= 4 is 16.5 Å². The molecule has 1 aliphatic rings. The average Bonchev–Trinajstić information content (AvgIpc) is 2.37. The Hall–Kier alpha value is -0.940. The molecular weight excluding hydrogens is 253 g/mol. The summed E-state index contributed by atoms with van der Waals surface area (Å²) in [7, 11) is 0.464. The van der Waals surface area contributed by atoms with Crippen molar-refractivity contribution in [2.45, 2.75) is 41.9 Å². The molecule has 0 bridgehead atoms. The van der Waals surface area contributed by atoms with Crippen molar-refractivity contribution < 1.29 is 13.3 Å². The lowest BCUT2D eigenvalue weighted by atomic mass is 9.97. The lowest BCUT2D eigenvalue weighted by Crippen LogP contribution is -2.28. The Bertz CT molecular complexity index is 432. The van der Waals surface area contributed by atoms with Gasteiger partial charge in [-0.05, 0) is 43.9 Å². The second kappa shape index (κ2) is 5.80. The molecule has 5 heteroatoms. The SMILES string of the molecule is COC1CCCC(S(=O)c2cc(N)cc(F)c2)C1. The van der Waals surface area contributed by atoms with E-state index in [1.54, 1.807) is 13.2 Å². The van der Waals surface area contributed by atoms with Crippen molar-refractivity contribution in [2.75, 3.05) is 12.8 Å². The van der Waals surface area contributed by atoms with Gasteiger partial charge in [0.25, 0.3) is 0 Å². The first kappa shape index (κ1) is 13.5. The second-order valence-electron chi connectivity index (χ2n) is 4.66. The van der Waals surface area contributed by atoms with Crippen molar-refractivity contribution in [3.05, 3.63) is 24.0 Å². The van der Waals surface area contributed by atoms with Gasteiger partial charge < -0.3 is 10.5 Å². The van der Waals surface area contributed by atoms with Crippen LogP contribution < -0.4 is 5.73 Å². The van der Waals surface area contributed by atoms with Gasteiger partial charge >= 0.3 is 0 Å². The van der Waals surface area contributed by atoms with E-state index in [9.17, 15) is 8.60 Å². The van der Waals surface area contributed by atoms with E-state index in [1.165, 1.54) is 12.1 Å². The number of ether oxygens (including phenoxy) is 1. The molecule has 3 nitrogen and oxygen atoms in total. The van der Waals surface area contributed by atoms with Crippen LogP contribution in [0.4, 0.5) is 10.1 Å². The third-order valence-corrected chi connectivity index (χ3v) is 5.07. The summed E-state index contributed by atoms with van der Waals surface area (Å²) in [6, 6.07) is 4.14. The summed E-state index contributed by atoms with van der Waals surface area (Å²) in [5.41, 5.74) is 5.90. The van der Waals surface area contributed by atoms with Gasteiger partial charge in [-0.1, -0.05) is 0 Å². The zero-order valence-corrected chi connectivity index (χ0v) is 11.2. The highest BCUT2D eigenvalue weighted by molar-refractivity contribution is 7.85. The third-order valence-electron chi connectivity index (χ3n) is 3.34. The van der Waals surface area contributed by atoms with E-state index in [1.807, 2.05) is 0 Å². The second-order valence-corrected chi connectivity index (χ2v) is 6.40. The van der Waals surface area contributed by atoms with Gasteiger partial charge in [0.2, 0.25) is 0 Å². The molecule has 0 heterocycles. The van der Waals surface area contributed by atoms with E-state index in [0.717, 1.165) is 25.7 Å². The van der Waals surface area contributed by atoms with Crippen molar-refractivity contribution in [1.82, 2.24) is 0 Å². The highest BCUT2D eigenvalue weighted by atomic mass is 32.2. The maximum atomic E-state index is 13.3. The fourth-order valence-corrected chi connectivity index (χ4v) is 4.04. The van der Waals surface area contributed by atoms with Gasteiger partial charge in [-0.15, -0.1) is 0 Å². The summed E-state index contributed by atoms with van der Waals surface area (Å²) in [5.74, 6) is -0.433. The largest absolute Gasteiger partial charge is 0.399 e. The van der Waals surface area contributed by atoms with Gasteiger partial charge in [0.05, 0.1) is 16.9 Å². The quantitative estimate of drug-likeness (QED) is 0.859. The monoisotopic (exact) mass is 271 g/mol. The van der Waals surface area contributed by atoms with Crippen LogP contribution in [-0.2, 0) is 15.5 Å². The standard InChI is InChI=1S/C13H18FNO2S/c1-17-11-3-2-4-12(8-11)18(16)13-6-9(14)5-10(15)7-13/h5-7,11-12H,2-4,8,15H2,1H3. The molecule has 0 radical (unpaired) electrons. The minimum atomic E-state index is -1.21. The van der Waals surface area contributed by atoms with Crippen molar-refractivity contribution in [2.24, 2.45) is 0 Å². The van der Waals surface area contributed by atoms with E-state index in [2.05, 4.69) is 0 Å². The Morgan fingerprint density at radius 3 is 2.83 bits per heavy atom. The normalized spacial score (nSPS) is 25.9. The topological polar surface area (TPSA) is 52.3 Å². The van der Waals surface area contributed by atoms with Crippen molar-refractivity contribution in [1.29, 1.82) is 0 Å². The Morgan fingerprint density at radius 1 is 1.39 bits per heavy atom. The predicted molar refractivity (Wildman–Crippen MR) is 70.3 cm³/mol. The molecule has 2 rings (SSSR count). The van der Waals surface area contributed by atoms with E-state index < -0.39 is 16.6 Å². The minimum Gasteiger partial charge on any atom is -0.399 e. The van der Waals surface area contributed by atoms with Crippen molar-refractivity contribution in [3.63, 3.8) is 0 Å². The summed E-state index contributed by atoms with van der Waals surface area (Å²) in [4.78, 5) is 0.481. The molecule has 0 spiro atoms. The fraction of sp³-hybridized carbons (Fsp3) is 0.538. The molecule has 1 aromatic carbocycles. The fourth-order valence-electron chi connectivity index (χ4n) is 2.40. The first-order valence-corrected chi connectivity index (χ1v) is 7.31. The van der Waals surface area contributed by atoms with Crippen LogP contribution in [0.2, 0.25) is 0 Å². The number of nitrogen functional groups attached to an aromatic ring is 1. The number of halogens is 1. The summed E-state index contributed by atoms with van der Waals surface area (Å²) in [5, 5.41) is 0.0323. The first-order valence-electron chi connectivity index (χ1n) is 6.09. The Kier molecular flexibility index (Phi) is 4.35. The van der Waals surface area contributed by atoms with Crippen LogP contribution in [0.5, 0.6) is 0 Å². The van der Waals surface area contributed by atoms with Gasteiger partial charge in [-0.2, -0.15) is 0 Å². The number of hydrogen-bond acceptors (Lipinski definition) is 3. The lowest BCUT2D eigenvalue weighted by molar-refractivity contribution is 0.0725. The van der Waals surface area contributed by atoms with Crippen LogP contribution in [0.3, 0.4) is 0 Å². The van der Waals surface area contributed by atoms with E-state index in [-0.39, 0.29) is 11.4 Å². The molecule has 3 unspecified atom stereocenters. The molecule has 18 heavy (non-hydrogen) atoms. The summed E-state index contributed by atoms with van der Waals surface area (Å²) in [6.45, 7) is 0. The van der Waals surface area contributed by atoms with E-state index in [0.29, 0.717) is 10.6 Å². The third kappa shape index (κ3) is 3.09. The molecule has 0 aliphatic heterocycles. The molecule has 0 amide bonds. The molecule has 1 fully saturated rings. The predicted octanol–water partition coefficient (Wildman–Crippen LogP) is 2.47. The number of anilines is 1. The molecule has 1 aromatic rings. The summed E-state index contributed by atoms with van der Waals surface area (Å²) < 4.78 is 31.0. The number of methoxy groups -OCH3 is 1. The van der Waals surface area contributed by atoms with Gasteiger partial charge in [0.15, 0.2) is 0 Å². The van der Waals surface area contributed by atoms with Crippen LogP contribution >= 0.6 is 0 Å². The first-order chi connectivity index (χ1) is 8.60. The zero-order chi connectivity index (χ0) is 13.1. The van der Waals surface area contributed by atoms with E-state index in [4.69, 9.17) is 10.5 Å². The molecule has 100 valence electrons. The highest BCUT2D eigenvalue weighted by Crippen LogP contribution is 2.28. The molecule has 3 atom stereocenters. The Balaban J connectivity index is 2.15. The van der Waals surface area contributed by atoms with Gasteiger partial charge in [0.1, 0.15) is 5.82 Å².